The minimum atomic E-state index is -1.86. The highest BCUT2D eigenvalue weighted by atomic mass is 17.0. The molecule has 4 heterocycles. The molecule has 4 aliphatic carbocycles. The number of rotatable bonds is 12. The molecule has 3 saturated carbocycles. The van der Waals surface area contributed by atoms with E-state index in [-0.39, 0.29) is 30.3 Å². The molecule has 280 valence electrons. The molecule has 7 fully saturated rings. The van der Waals surface area contributed by atoms with Crippen molar-refractivity contribution in [1.29, 1.82) is 5.26 Å². The van der Waals surface area contributed by atoms with Crippen LogP contribution in [0, 0.1) is 57.2 Å². The van der Waals surface area contributed by atoms with E-state index in [4.69, 9.17) is 28.4 Å². The van der Waals surface area contributed by atoms with E-state index >= 15 is 4.79 Å². The SMILES string of the molecule is CCC(C#N)OC1C2OC3(OCC45CC6C(C)CCC6C6(C=O)CC4C=C(C(C)C)C65C(=O)OC(c4ccccc4)c4ccccc4)OC2OC1C3O. The Kier molecular flexibility index (Phi) is 8.36. The second kappa shape index (κ2) is 12.6. The highest BCUT2D eigenvalue weighted by molar-refractivity contribution is 5.92. The van der Waals surface area contributed by atoms with E-state index in [1.807, 2.05) is 67.6 Å². The molecule has 4 saturated heterocycles. The maximum atomic E-state index is 15.8. The third kappa shape index (κ3) is 4.59. The molecular weight excluding hydrogens is 674 g/mol. The third-order valence-corrected chi connectivity index (χ3v) is 14.4. The minimum Gasteiger partial charge on any atom is -0.452 e. The predicted octanol–water partition coefficient (Wildman–Crippen LogP) is 6.03. The van der Waals surface area contributed by atoms with E-state index in [0.717, 1.165) is 35.8 Å². The maximum absolute atomic E-state index is 15.8. The summed E-state index contributed by atoms with van der Waals surface area (Å²) in [4.78, 5) is 29.9. The van der Waals surface area contributed by atoms with Crippen LogP contribution in [0.2, 0.25) is 0 Å². The van der Waals surface area contributed by atoms with Crippen molar-refractivity contribution in [1.82, 2.24) is 0 Å². The van der Waals surface area contributed by atoms with Crippen LogP contribution in [0.25, 0.3) is 0 Å². The fraction of sp³-hybridized carbons (Fsp3) is 0.605. The van der Waals surface area contributed by atoms with E-state index < -0.39 is 71.1 Å². The molecule has 8 aliphatic rings. The number of hydrogen-bond donors (Lipinski definition) is 1. The molecule has 14 unspecified atom stereocenters. The van der Waals surface area contributed by atoms with Crippen LogP contribution < -0.4 is 0 Å². The highest BCUT2D eigenvalue weighted by Crippen LogP contribution is 2.83. The first-order valence-electron chi connectivity index (χ1n) is 19.5. The number of aliphatic hydroxyl groups is 1. The second-order valence-corrected chi connectivity index (χ2v) is 16.9. The van der Waals surface area contributed by atoms with Crippen molar-refractivity contribution in [2.75, 3.05) is 6.61 Å². The summed E-state index contributed by atoms with van der Waals surface area (Å²) in [6.45, 7) is 8.31. The lowest BCUT2D eigenvalue weighted by Gasteiger charge is -2.59. The van der Waals surface area contributed by atoms with Crippen molar-refractivity contribution in [2.24, 2.45) is 45.8 Å². The molecule has 2 aromatic carbocycles. The number of fused-ring (bicyclic) bond motifs is 2. The average molecular weight is 724 g/mol. The Hall–Kier alpha value is -3.43. The van der Waals surface area contributed by atoms with Gasteiger partial charge in [0.15, 0.2) is 18.5 Å². The summed E-state index contributed by atoms with van der Waals surface area (Å²) >= 11 is 0. The Balaban J connectivity index is 1.13. The Labute approximate surface area is 310 Å². The van der Waals surface area contributed by atoms with Crippen LogP contribution in [0.3, 0.4) is 0 Å². The number of aliphatic hydroxyl groups excluding tert-OH is 1. The Morgan fingerprint density at radius 2 is 1.74 bits per heavy atom. The smallest absolute Gasteiger partial charge is 0.318 e. The summed E-state index contributed by atoms with van der Waals surface area (Å²) in [6, 6.07) is 21.7. The molecule has 0 radical (unpaired) electrons. The van der Waals surface area contributed by atoms with Gasteiger partial charge in [0.1, 0.15) is 36.1 Å². The number of allylic oxidation sites excluding steroid dienone is 1. The zero-order valence-corrected chi connectivity index (χ0v) is 30.8. The van der Waals surface area contributed by atoms with Gasteiger partial charge >= 0.3 is 11.9 Å². The summed E-state index contributed by atoms with van der Waals surface area (Å²) in [5.74, 6) is -1.89. The number of nitriles is 1. The van der Waals surface area contributed by atoms with Gasteiger partial charge in [-0.15, -0.1) is 0 Å². The normalized spacial score (nSPS) is 43.2. The zero-order chi connectivity index (χ0) is 36.9. The van der Waals surface area contributed by atoms with Crippen molar-refractivity contribution in [2.45, 2.75) is 109 Å². The first-order chi connectivity index (χ1) is 25.6. The van der Waals surface area contributed by atoms with Crippen LogP contribution in [0.15, 0.2) is 72.3 Å². The van der Waals surface area contributed by atoms with E-state index in [1.165, 1.54) is 0 Å². The Morgan fingerprint density at radius 3 is 2.36 bits per heavy atom. The molecule has 14 atom stereocenters. The quantitative estimate of drug-likeness (QED) is 0.157. The molecule has 10 heteroatoms. The van der Waals surface area contributed by atoms with Gasteiger partial charge in [0.2, 0.25) is 0 Å². The molecule has 10 rings (SSSR count). The van der Waals surface area contributed by atoms with Gasteiger partial charge in [-0.3, -0.25) is 9.53 Å². The van der Waals surface area contributed by atoms with E-state index in [1.54, 1.807) is 0 Å². The fourth-order valence-electron chi connectivity index (χ4n) is 12.2. The minimum absolute atomic E-state index is 0.00309. The summed E-state index contributed by atoms with van der Waals surface area (Å²) in [5, 5.41) is 21.4. The molecule has 1 N–H and O–H groups in total. The first-order valence-corrected chi connectivity index (χ1v) is 19.5. The summed E-state index contributed by atoms with van der Waals surface area (Å²) in [6.07, 6.45) is 1.01. The molecular formula is C43H49NO9. The van der Waals surface area contributed by atoms with Crippen molar-refractivity contribution in [3.8, 4) is 6.07 Å². The molecule has 2 aromatic rings. The third-order valence-electron chi connectivity index (χ3n) is 14.4. The molecule has 0 aromatic heterocycles. The van der Waals surface area contributed by atoms with Crippen LogP contribution in [-0.2, 0) is 38.0 Å². The maximum Gasteiger partial charge on any atom is 0.318 e. The van der Waals surface area contributed by atoms with E-state index in [2.05, 4.69) is 32.9 Å². The monoisotopic (exact) mass is 723 g/mol. The zero-order valence-electron chi connectivity index (χ0n) is 30.8. The second-order valence-electron chi connectivity index (χ2n) is 16.9. The number of benzene rings is 2. The van der Waals surface area contributed by atoms with Crippen molar-refractivity contribution < 1.29 is 43.1 Å². The average Bonchev–Trinajstić information content (AvgIpc) is 3.91. The standard InChI is InChI=1S/C43H49NO9/c1-5-29(21-44)49-34-35-37(46)43(52-36(34)38(50-35)53-43)48-23-41-20-30-25(4)16-17-31(30)40(22-45)19-28(41)18-32(24(2)3)42(40,41)39(47)51-33(26-12-8-6-9-13-26)27-14-10-7-11-15-27/h6-15,18,22,24-25,28-31,33-38,46H,5,16-17,19-20,23H2,1-4H3. The summed E-state index contributed by atoms with van der Waals surface area (Å²) in [7, 11) is 0. The van der Waals surface area contributed by atoms with Gasteiger partial charge in [-0.05, 0) is 66.4 Å². The van der Waals surface area contributed by atoms with Gasteiger partial charge in [-0.2, -0.15) is 5.26 Å². The highest BCUT2D eigenvalue weighted by Gasteiger charge is 2.85. The lowest BCUT2D eigenvalue weighted by molar-refractivity contribution is -0.449. The van der Waals surface area contributed by atoms with Crippen LogP contribution in [0.5, 0.6) is 0 Å². The van der Waals surface area contributed by atoms with Gasteiger partial charge < -0.3 is 33.6 Å². The molecule has 53 heavy (non-hydrogen) atoms. The summed E-state index contributed by atoms with van der Waals surface area (Å²) in [5.41, 5.74) is -0.592. The van der Waals surface area contributed by atoms with Crippen LogP contribution in [0.1, 0.15) is 77.0 Å². The van der Waals surface area contributed by atoms with Gasteiger partial charge in [-0.25, -0.2) is 0 Å². The lowest BCUT2D eigenvalue weighted by Crippen LogP contribution is -2.66. The number of carbonyl (C=O) groups is 2. The van der Waals surface area contributed by atoms with Gasteiger partial charge in [-0.1, -0.05) is 106 Å². The topological polar surface area (TPSA) is 134 Å². The number of aldehydes is 1. The van der Waals surface area contributed by atoms with Crippen LogP contribution >= 0.6 is 0 Å². The summed E-state index contributed by atoms with van der Waals surface area (Å²) < 4.78 is 38.4. The predicted molar refractivity (Wildman–Crippen MR) is 189 cm³/mol. The lowest BCUT2D eigenvalue weighted by atomic mass is 9.43. The van der Waals surface area contributed by atoms with Crippen molar-refractivity contribution in [3.63, 3.8) is 0 Å². The Bertz CT molecular complexity index is 1790. The van der Waals surface area contributed by atoms with E-state index in [9.17, 15) is 15.2 Å². The largest absolute Gasteiger partial charge is 0.452 e. The number of carbonyl (C=O) groups excluding carboxylic acids is 2. The first kappa shape index (κ1) is 35.3. The number of esters is 1. The number of hydrogen-bond acceptors (Lipinski definition) is 10. The number of ether oxygens (including phenoxy) is 6. The Morgan fingerprint density at radius 1 is 1.04 bits per heavy atom. The molecule has 8 bridgehead atoms. The molecule has 0 spiro atoms. The number of nitrogens with zero attached hydrogens (tertiary/aromatic N) is 1. The van der Waals surface area contributed by atoms with Gasteiger partial charge in [0, 0.05) is 5.41 Å². The molecule has 0 amide bonds. The van der Waals surface area contributed by atoms with Crippen molar-refractivity contribution >= 4 is 12.3 Å². The van der Waals surface area contributed by atoms with Crippen LogP contribution in [-0.4, -0.2) is 66.8 Å². The van der Waals surface area contributed by atoms with E-state index in [0.29, 0.717) is 25.2 Å². The van der Waals surface area contributed by atoms with Crippen molar-refractivity contribution in [3.05, 3.63) is 83.4 Å². The molecule has 10 nitrogen and oxygen atoms in total. The van der Waals surface area contributed by atoms with Crippen LogP contribution in [0.4, 0.5) is 0 Å². The van der Waals surface area contributed by atoms with Gasteiger partial charge in [0.25, 0.3) is 0 Å². The van der Waals surface area contributed by atoms with Gasteiger partial charge in [0.05, 0.1) is 18.1 Å². The molecule has 4 aliphatic heterocycles. The fourth-order valence-corrected chi connectivity index (χ4v) is 12.2.